The van der Waals surface area contributed by atoms with E-state index in [2.05, 4.69) is 25.9 Å². The van der Waals surface area contributed by atoms with Gasteiger partial charge in [0.05, 0.1) is 12.7 Å². The molecule has 0 spiro atoms. The molecule has 4 nitrogen and oxygen atoms in total. The zero-order valence-corrected chi connectivity index (χ0v) is 11.3. The molecule has 1 aromatic rings. The van der Waals surface area contributed by atoms with E-state index in [1.54, 1.807) is 0 Å². The van der Waals surface area contributed by atoms with E-state index in [0.717, 1.165) is 17.5 Å². The molecule has 0 radical (unpaired) electrons. The molecule has 0 heterocycles. The van der Waals surface area contributed by atoms with E-state index in [0.29, 0.717) is 12.5 Å². The second-order valence-electron chi connectivity index (χ2n) is 4.89. The van der Waals surface area contributed by atoms with Crippen molar-refractivity contribution in [1.82, 2.24) is 0 Å². The van der Waals surface area contributed by atoms with Gasteiger partial charge in [-0.15, -0.1) is 0 Å². The molecular formula is C14H22N2O2. The van der Waals surface area contributed by atoms with E-state index < -0.39 is 0 Å². The minimum Gasteiger partial charge on any atom is -0.409 e. The Morgan fingerprint density at radius 1 is 1.33 bits per heavy atom. The Kier molecular flexibility index (Phi) is 5.65. The van der Waals surface area contributed by atoms with Crippen LogP contribution in [0.3, 0.4) is 0 Å². The summed E-state index contributed by atoms with van der Waals surface area (Å²) in [6, 6.07) is 7.52. The van der Waals surface area contributed by atoms with Crippen molar-refractivity contribution in [3.05, 3.63) is 35.4 Å². The Morgan fingerprint density at radius 2 is 2.00 bits per heavy atom. The number of nitrogens with two attached hydrogens (primary N) is 1. The summed E-state index contributed by atoms with van der Waals surface area (Å²) in [5, 5.41) is 11.8. The highest BCUT2D eigenvalue weighted by Crippen LogP contribution is 2.14. The standard InChI is InChI=1S/C14H22N2O2/c1-10(2)8-11(3)18-9-12-6-4-5-7-13(12)14(15)16-17/h4-7,10-11,17H,8-9H2,1-3H3,(H2,15,16). The van der Waals surface area contributed by atoms with Crippen LogP contribution in [-0.2, 0) is 11.3 Å². The fourth-order valence-corrected chi connectivity index (χ4v) is 1.91. The van der Waals surface area contributed by atoms with Gasteiger partial charge < -0.3 is 15.7 Å². The summed E-state index contributed by atoms with van der Waals surface area (Å²) in [6.07, 6.45) is 1.22. The minimum atomic E-state index is 0.116. The first-order chi connectivity index (χ1) is 8.54. The summed E-state index contributed by atoms with van der Waals surface area (Å²) in [5.41, 5.74) is 7.28. The summed E-state index contributed by atoms with van der Waals surface area (Å²) in [6.45, 7) is 6.88. The molecular weight excluding hydrogens is 228 g/mol. The lowest BCUT2D eigenvalue weighted by molar-refractivity contribution is 0.0396. The summed E-state index contributed by atoms with van der Waals surface area (Å²) >= 11 is 0. The molecule has 0 aromatic heterocycles. The highest BCUT2D eigenvalue weighted by atomic mass is 16.5. The fraction of sp³-hybridized carbons (Fsp3) is 0.500. The normalized spacial score (nSPS) is 13.9. The molecule has 18 heavy (non-hydrogen) atoms. The van der Waals surface area contributed by atoms with Crippen molar-refractivity contribution in [2.75, 3.05) is 0 Å². The van der Waals surface area contributed by atoms with E-state index in [4.69, 9.17) is 15.7 Å². The van der Waals surface area contributed by atoms with Crippen molar-refractivity contribution in [1.29, 1.82) is 0 Å². The Bertz CT molecular complexity index is 403. The molecule has 4 heteroatoms. The van der Waals surface area contributed by atoms with Gasteiger partial charge in [-0.25, -0.2) is 0 Å². The number of nitrogens with zero attached hydrogens (tertiary/aromatic N) is 1. The number of ether oxygens (including phenoxy) is 1. The summed E-state index contributed by atoms with van der Waals surface area (Å²) < 4.78 is 5.78. The quantitative estimate of drug-likeness (QED) is 0.353. The predicted octanol–water partition coefficient (Wildman–Crippen LogP) is 2.73. The van der Waals surface area contributed by atoms with E-state index in [-0.39, 0.29) is 11.9 Å². The summed E-state index contributed by atoms with van der Waals surface area (Å²) in [5.74, 6) is 0.727. The number of hydrogen-bond acceptors (Lipinski definition) is 3. The molecule has 1 unspecified atom stereocenters. The Hall–Kier alpha value is -1.55. The van der Waals surface area contributed by atoms with Gasteiger partial charge >= 0.3 is 0 Å². The van der Waals surface area contributed by atoms with Gasteiger partial charge in [0.2, 0.25) is 0 Å². The van der Waals surface area contributed by atoms with Gasteiger partial charge in [-0.3, -0.25) is 0 Å². The van der Waals surface area contributed by atoms with Gasteiger partial charge in [0.25, 0.3) is 0 Å². The van der Waals surface area contributed by atoms with Crippen LogP contribution in [0.1, 0.15) is 38.3 Å². The maximum Gasteiger partial charge on any atom is 0.170 e. The van der Waals surface area contributed by atoms with Crippen molar-refractivity contribution < 1.29 is 9.94 Å². The van der Waals surface area contributed by atoms with Crippen LogP contribution >= 0.6 is 0 Å². The largest absolute Gasteiger partial charge is 0.409 e. The molecule has 0 aliphatic carbocycles. The maximum atomic E-state index is 8.73. The monoisotopic (exact) mass is 250 g/mol. The van der Waals surface area contributed by atoms with Gasteiger partial charge in [0.15, 0.2) is 5.84 Å². The molecule has 3 N–H and O–H groups in total. The van der Waals surface area contributed by atoms with E-state index in [1.165, 1.54) is 0 Å². The highest BCUT2D eigenvalue weighted by Gasteiger charge is 2.09. The molecule has 1 rings (SSSR count). The van der Waals surface area contributed by atoms with Crippen molar-refractivity contribution in [2.24, 2.45) is 16.8 Å². The van der Waals surface area contributed by atoms with E-state index in [1.807, 2.05) is 24.3 Å². The third kappa shape index (κ3) is 4.37. The smallest absolute Gasteiger partial charge is 0.170 e. The van der Waals surface area contributed by atoms with Crippen molar-refractivity contribution in [3.8, 4) is 0 Å². The molecule has 0 amide bonds. The van der Waals surface area contributed by atoms with Crippen LogP contribution in [0.15, 0.2) is 29.4 Å². The first-order valence-corrected chi connectivity index (χ1v) is 6.22. The Labute approximate surface area is 108 Å². The third-order valence-electron chi connectivity index (χ3n) is 2.73. The average molecular weight is 250 g/mol. The molecule has 100 valence electrons. The zero-order valence-electron chi connectivity index (χ0n) is 11.3. The maximum absolute atomic E-state index is 8.73. The molecule has 0 aliphatic rings. The highest BCUT2D eigenvalue weighted by molar-refractivity contribution is 5.98. The lowest BCUT2D eigenvalue weighted by atomic mass is 10.1. The lowest BCUT2D eigenvalue weighted by Gasteiger charge is -2.16. The molecule has 0 bridgehead atoms. The van der Waals surface area contributed by atoms with Crippen molar-refractivity contribution >= 4 is 5.84 Å². The molecule has 0 saturated carbocycles. The van der Waals surface area contributed by atoms with Crippen LogP contribution in [0.2, 0.25) is 0 Å². The van der Waals surface area contributed by atoms with Gasteiger partial charge in [-0.2, -0.15) is 0 Å². The third-order valence-corrected chi connectivity index (χ3v) is 2.73. The average Bonchev–Trinajstić information content (AvgIpc) is 2.35. The van der Waals surface area contributed by atoms with Gasteiger partial charge in [-0.1, -0.05) is 43.3 Å². The van der Waals surface area contributed by atoms with Crippen LogP contribution in [-0.4, -0.2) is 17.1 Å². The zero-order chi connectivity index (χ0) is 13.5. The lowest BCUT2D eigenvalue weighted by Crippen LogP contribution is -2.17. The summed E-state index contributed by atoms with van der Waals surface area (Å²) in [7, 11) is 0. The SMILES string of the molecule is CC(C)CC(C)OCc1ccccc1/C(N)=N/O. The first-order valence-electron chi connectivity index (χ1n) is 6.22. The van der Waals surface area contributed by atoms with Crippen LogP contribution in [0.25, 0.3) is 0 Å². The van der Waals surface area contributed by atoms with Crippen LogP contribution in [0, 0.1) is 5.92 Å². The Morgan fingerprint density at radius 3 is 2.61 bits per heavy atom. The van der Waals surface area contributed by atoms with Gasteiger partial charge in [0.1, 0.15) is 0 Å². The topological polar surface area (TPSA) is 67.8 Å². The van der Waals surface area contributed by atoms with Crippen molar-refractivity contribution in [2.45, 2.75) is 39.9 Å². The van der Waals surface area contributed by atoms with Crippen LogP contribution in [0.4, 0.5) is 0 Å². The number of hydrogen-bond donors (Lipinski definition) is 2. The van der Waals surface area contributed by atoms with Crippen molar-refractivity contribution in [3.63, 3.8) is 0 Å². The van der Waals surface area contributed by atoms with E-state index in [9.17, 15) is 0 Å². The molecule has 0 aliphatic heterocycles. The molecule has 1 atom stereocenters. The number of rotatable bonds is 6. The van der Waals surface area contributed by atoms with E-state index >= 15 is 0 Å². The fourth-order valence-electron chi connectivity index (χ4n) is 1.91. The van der Waals surface area contributed by atoms with Crippen LogP contribution < -0.4 is 5.73 Å². The van der Waals surface area contributed by atoms with Crippen LogP contribution in [0.5, 0.6) is 0 Å². The van der Waals surface area contributed by atoms with Gasteiger partial charge in [0, 0.05) is 5.56 Å². The second kappa shape index (κ2) is 7.01. The molecule has 0 fully saturated rings. The number of oxime groups is 1. The second-order valence-corrected chi connectivity index (χ2v) is 4.89. The van der Waals surface area contributed by atoms with Gasteiger partial charge in [-0.05, 0) is 24.8 Å². The molecule has 0 saturated heterocycles. The Balaban J connectivity index is 2.67. The number of amidine groups is 1. The number of benzene rings is 1. The summed E-state index contributed by atoms with van der Waals surface area (Å²) in [4.78, 5) is 0. The minimum absolute atomic E-state index is 0.116. The molecule has 1 aromatic carbocycles. The first kappa shape index (κ1) is 14.5. The predicted molar refractivity (Wildman–Crippen MR) is 72.7 cm³/mol.